The molecule has 0 radical (unpaired) electrons. The third-order valence-electron chi connectivity index (χ3n) is 2.84. The predicted octanol–water partition coefficient (Wildman–Crippen LogP) is 1.96. The molecule has 0 saturated carbocycles. The van der Waals surface area contributed by atoms with Crippen LogP contribution in [0.2, 0.25) is 0 Å². The van der Waals surface area contributed by atoms with Crippen LogP contribution in [0.3, 0.4) is 0 Å². The van der Waals surface area contributed by atoms with Gasteiger partial charge in [-0.05, 0) is 13.0 Å². The fraction of sp³-hybridized carbons (Fsp3) is 0.308. The lowest BCUT2D eigenvalue weighted by Crippen LogP contribution is -2.27. The first-order valence-corrected chi connectivity index (χ1v) is 5.92. The quantitative estimate of drug-likeness (QED) is 0.672. The second kappa shape index (κ2) is 5.19. The Labute approximate surface area is 110 Å². The highest BCUT2D eigenvalue weighted by molar-refractivity contribution is 5.96. The zero-order chi connectivity index (χ0) is 14.0. The van der Waals surface area contributed by atoms with Gasteiger partial charge < -0.3 is 10.0 Å². The molecule has 0 aliphatic carbocycles. The fourth-order valence-electron chi connectivity index (χ4n) is 2.14. The highest BCUT2D eigenvalue weighted by Crippen LogP contribution is 2.33. The first-order valence-electron chi connectivity index (χ1n) is 5.92. The summed E-state index contributed by atoms with van der Waals surface area (Å²) in [4.78, 5) is 16.5. The summed E-state index contributed by atoms with van der Waals surface area (Å²) < 4.78 is 0. The van der Waals surface area contributed by atoms with Crippen LogP contribution in [0, 0.1) is 10.1 Å². The van der Waals surface area contributed by atoms with E-state index < -0.39 is 11.0 Å². The molecule has 100 valence electrons. The predicted molar refractivity (Wildman–Crippen MR) is 73.3 cm³/mol. The number of rotatable bonds is 4. The molecular weight excluding hydrogens is 246 g/mol. The number of aromatic nitrogens is 1. The number of pyridine rings is 1. The zero-order valence-corrected chi connectivity index (χ0v) is 10.8. The Balaban J connectivity index is 2.65. The van der Waals surface area contributed by atoms with Gasteiger partial charge in [-0.1, -0.05) is 18.2 Å². The van der Waals surface area contributed by atoms with Crippen molar-refractivity contribution in [3.63, 3.8) is 0 Å². The Morgan fingerprint density at radius 2 is 2.16 bits per heavy atom. The van der Waals surface area contributed by atoms with Crippen LogP contribution in [-0.2, 0) is 0 Å². The number of fused-ring (bicyclic) bond motifs is 1. The average molecular weight is 261 g/mol. The largest absolute Gasteiger partial charge is 0.392 e. The molecule has 1 aromatic heterocycles. The molecule has 2 rings (SSSR count). The van der Waals surface area contributed by atoms with E-state index in [9.17, 15) is 15.2 Å². The Kier molecular flexibility index (Phi) is 3.62. The number of hydrogen-bond acceptors (Lipinski definition) is 5. The minimum Gasteiger partial charge on any atom is -0.392 e. The van der Waals surface area contributed by atoms with Gasteiger partial charge in [-0.3, -0.25) is 10.1 Å². The van der Waals surface area contributed by atoms with Gasteiger partial charge in [0.1, 0.15) is 11.9 Å². The van der Waals surface area contributed by atoms with Crippen LogP contribution in [0.4, 0.5) is 11.4 Å². The van der Waals surface area contributed by atoms with E-state index in [0.29, 0.717) is 23.1 Å². The molecule has 0 spiro atoms. The number of likely N-dealkylation sites (N-methyl/N-ethyl adjacent to an activating group) is 1. The van der Waals surface area contributed by atoms with Crippen molar-refractivity contribution in [3.05, 3.63) is 40.6 Å². The van der Waals surface area contributed by atoms with Gasteiger partial charge in [0.15, 0.2) is 0 Å². The molecule has 6 nitrogen and oxygen atoms in total. The molecule has 0 aliphatic heterocycles. The van der Waals surface area contributed by atoms with Crippen molar-refractivity contribution < 1.29 is 10.0 Å². The summed E-state index contributed by atoms with van der Waals surface area (Å²) in [5, 5.41) is 21.3. The standard InChI is InChI=1S/C13H15N3O3/c1-9(17)8-15(2)13-10-5-3-4-6-11(10)14-7-12(13)16(18)19/h3-7,9,17H,8H2,1-2H3. The van der Waals surface area contributed by atoms with E-state index in [0.717, 1.165) is 0 Å². The van der Waals surface area contributed by atoms with Gasteiger partial charge in [0, 0.05) is 19.0 Å². The average Bonchev–Trinajstić information content (AvgIpc) is 2.36. The van der Waals surface area contributed by atoms with Crippen LogP contribution in [-0.4, -0.2) is 34.7 Å². The molecule has 19 heavy (non-hydrogen) atoms. The summed E-state index contributed by atoms with van der Waals surface area (Å²) in [5.74, 6) is 0. The first kappa shape index (κ1) is 13.2. The van der Waals surface area contributed by atoms with E-state index in [1.165, 1.54) is 6.20 Å². The molecular formula is C13H15N3O3. The van der Waals surface area contributed by atoms with Gasteiger partial charge in [-0.25, -0.2) is 4.98 Å². The highest BCUT2D eigenvalue weighted by Gasteiger charge is 2.21. The van der Waals surface area contributed by atoms with Crippen LogP contribution in [0.15, 0.2) is 30.5 Å². The first-order chi connectivity index (χ1) is 9.00. The van der Waals surface area contributed by atoms with Crippen molar-refractivity contribution in [3.8, 4) is 0 Å². The Bertz CT molecular complexity index is 613. The molecule has 0 aliphatic rings. The Hall–Kier alpha value is -2.21. The van der Waals surface area contributed by atoms with E-state index in [-0.39, 0.29) is 5.69 Å². The molecule has 6 heteroatoms. The summed E-state index contributed by atoms with van der Waals surface area (Å²) in [6.07, 6.45) is 0.687. The summed E-state index contributed by atoms with van der Waals surface area (Å²) in [6.45, 7) is 1.96. The molecule has 0 fully saturated rings. The van der Waals surface area contributed by atoms with Crippen LogP contribution in [0.1, 0.15) is 6.92 Å². The summed E-state index contributed by atoms with van der Waals surface area (Å²) in [5.41, 5.74) is 1.12. The SMILES string of the molecule is CC(O)CN(C)c1c([N+](=O)[O-])cnc2ccccc12. The fourth-order valence-corrected chi connectivity index (χ4v) is 2.14. The molecule has 1 unspecified atom stereocenters. The minimum atomic E-state index is -0.573. The van der Waals surface area contributed by atoms with Crippen molar-refractivity contribution in [1.82, 2.24) is 4.98 Å². The van der Waals surface area contributed by atoms with Crippen LogP contribution in [0.25, 0.3) is 10.9 Å². The summed E-state index contributed by atoms with van der Waals surface area (Å²) in [6, 6.07) is 7.25. The molecule has 1 N–H and O–H groups in total. The third-order valence-corrected chi connectivity index (χ3v) is 2.84. The molecule has 1 heterocycles. The number of para-hydroxylation sites is 1. The lowest BCUT2D eigenvalue weighted by Gasteiger charge is -2.22. The van der Waals surface area contributed by atoms with Crippen molar-refractivity contribution in [1.29, 1.82) is 0 Å². The topological polar surface area (TPSA) is 79.5 Å². The Morgan fingerprint density at radius 1 is 1.47 bits per heavy atom. The third kappa shape index (κ3) is 2.63. The number of nitrogens with zero attached hydrogens (tertiary/aromatic N) is 3. The maximum absolute atomic E-state index is 11.1. The van der Waals surface area contributed by atoms with Crippen LogP contribution >= 0.6 is 0 Å². The van der Waals surface area contributed by atoms with E-state index >= 15 is 0 Å². The minimum absolute atomic E-state index is 0.0538. The number of nitro groups is 1. The number of benzene rings is 1. The van der Waals surface area contributed by atoms with Gasteiger partial charge in [-0.15, -0.1) is 0 Å². The number of anilines is 1. The maximum atomic E-state index is 11.1. The number of aliphatic hydroxyl groups excluding tert-OH is 1. The van der Waals surface area contributed by atoms with Crippen molar-refractivity contribution in [2.24, 2.45) is 0 Å². The monoisotopic (exact) mass is 261 g/mol. The molecule has 1 aromatic carbocycles. The van der Waals surface area contributed by atoms with Gasteiger partial charge in [0.25, 0.3) is 0 Å². The lowest BCUT2D eigenvalue weighted by atomic mass is 10.1. The smallest absolute Gasteiger partial charge is 0.311 e. The summed E-state index contributed by atoms with van der Waals surface area (Å²) >= 11 is 0. The summed E-state index contributed by atoms with van der Waals surface area (Å²) in [7, 11) is 1.72. The molecule has 0 amide bonds. The van der Waals surface area contributed by atoms with Crippen LogP contribution in [0.5, 0.6) is 0 Å². The molecule has 1 atom stereocenters. The molecule has 2 aromatic rings. The van der Waals surface area contributed by atoms with Gasteiger partial charge >= 0.3 is 5.69 Å². The lowest BCUT2D eigenvalue weighted by molar-refractivity contribution is -0.384. The highest BCUT2D eigenvalue weighted by atomic mass is 16.6. The molecule has 0 bridgehead atoms. The second-order valence-corrected chi connectivity index (χ2v) is 4.50. The maximum Gasteiger partial charge on any atom is 0.311 e. The molecule has 0 saturated heterocycles. The normalized spacial score (nSPS) is 12.4. The van der Waals surface area contributed by atoms with E-state index in [2.05, 4.69) is 4.98 Å². The van der Waals surface area contributed by atoms with E-state index in [1.54, 1.807) is 31.0 Å². The van der Waals surface area contributed by atoms with E-state index in [1.807, 2.05) is 12.1 Å². The van der Waals surface area contributed by atoms with Gasteiger partial charge in [0.2, 0.25) is 0 Å². The number of aliphatic hydroxyl groups is 1. The van der Waals surface area contributed by atoms with Crippen molar-refractivity contribution in [2.45, 2.75) is 13.0 Å². The van der Waals surface area contributed by atoms with Gasteiger partial charge in [-0.2, -0.15) is 0 Å². The number of hydrogen-bond donors (Lipinski definition) is 1. The second-order valence-electron chi connectivity index (χ2n) is 4.50. The zero-order valence-electron chi connectivity index (χ0n) is 10.8. The van der Waals surface area contributed by atoms with E-state index in [4.69, 9.17) is 0 Å². The Morgan fingerprint density at radius 3 is 2.79 bits per heavy atom. The van der Waals surface area contributed by atoms with Gasteiger partial charge in [0.05, 0.1) is 16.5 Å². The van der Waals surface area contributed by atoms with Crippen LogP contribution < -0.4 is 4.90 Å². The van der Waals surface area contributed by atoms with Crippen molar-refractivity contribution in [2.75, 3.05) is 18.5 Å². The van der Waals surface area contributed by atoms with Crippen molar-refractivity contribution >= 4 is 22.3 Å².